The zero-order valence-corrected chi connectivity index (χ0v) is 24.7. The van der Waals surface area contributed by atoms with Crippen LogP contribution in [0, 0.1) is 17.2 Å². The molecule has 0 unspecified atom stereocenters. The van der Waals surface area contributed by atoms with E-state index >= 15 is 0 Å². The van der Waals surface area contributed by atoms with Crippen LogP contribution in [0.5, 0.6) is 5.88 Å². The van der Waals surface area contributed by atoms with Gasteiger partial charge < -0.3 is 20.7 Å². The van der Waals surface area contributed by atoms with Crippen molar-refractivity contribution in [2.75, 3.05) is 11.9 Å². The number of ether oxygens (including phenoxy) is 1. The highest BCUT2D eigenvalue weighted by atomic mass is 19.4. The molecule has 0 radical (unpaired) electrons. The Morgan fingerprint density at radius 1 is 1.11 bits per heavy atom. The third kappa shape index (κ3) is 8.34. The highest BCUT2D eigenvalue weighted by Gasteiger charge is 2.41. The minimum Gasteiger partial charge on any atom is -0.471 e. The fraction of sp³-hybridized carbons (Fsp3) is 0.483. The number of hydrogen-bond acceptors (Lipinski definition) is 7. The van der Waals surface area contributed by atoms with Crippen molar-refractivity contribution in [3.63, 3.8) is 0 Å². The number of halogens is 7. The molecule has 1 saturated carbocycles. The van der Waals surface area contributed by atoms with E-state index in [-0.39, 0.29) is 67.0 Å². The van der Waals surface area contributed by atoms with Gasteiger partial charge in [0.2, 0.25) is 17.7 Å². The maximum Gasteiger partial charge on any atom is 0.391 e. The average molecular weight is 658 g/mol. The molecular weight excluding hydrogens is 627 g/mol. The van der Waals surface area contributed by atoms with Crippen molar-refractivity contribution in [3.8, 4) is 11.9 Å². The van der Waals surface area contributed by atoms with Gasteiger partial charge in [-0.15, -0.1) is 0 Å². The van der Waals surface area contributed by atoms with Crippen molar-refractivity contribution < 1.29 is 45.1 Å². The van der Waals surface area contributed by atoms with Crippen molar-refractivity contribution in [2.45, 2.75) is 70.1 Å². The monoisotopic (exact) mass is 657 g/mol. The number of nitrogens with zero attached hydrogens (tertiary/aromatic N) is 4. The molecule has 0 atom stereocenters. The molecule has 1 aromatic carbocycles. The zero-order valence-electron chi connectivity index (χ0n) is 24.7. The fourth-order valence-corrected chi connectivity index (χ4v) is 5.09. The standard InChI is InChI=1S/C29H30F7N7O3/c1-28(32,33)19-8-3-15(13-38-23(44)9-10-37)11-20(19)40-27-41-21-12-18(26(46-14-22(30)31)42-24(21)43(27)2)25(45)39-17-6-4-16(5-7-17)29(34,35)36/h3,8,11-12,16-17,22H,4-7,9,13-14H2,1-2H3,(H,38,44)(H,39,45)(H,40,41). The predicted molar refractivity (Wildman–Crippen MR) is 151 cm³/mol. The van der Waals surface area contributed by atoms with E-state index in [1.165, 1.54) is 29.8 Å². The Bertz CT molecular complexity index is 1620. The van der Waals surface area contributed by atoms with Gasteiger partial charge in [-0.2, -0.15) is 23.4 Å². The smallest absolute Gasteiger partial charge is 0.391 e. The van der Waals surface area contributed by atoms with E-state index in [0.29, 0.717) is 12.5 Å². The molecule has 46 heavy (non-hydrogen) atoms. The van der Waals surface area contributed by atoms with Crippen molar-refractivity contribution >= 4 is 34.6 Å². The Kier molecular flexibility index (Phi) is 10.3. The largest absolute Gasteiger partial charge is 0.471 e. The van der Waals surface area contributed by atoms with E-state index in [2.05, 4.69) is 25.9 Å². The van der Waals surface area contributed by atoms with Gasteiger partial charge in [-0.3, -0.25) is 14.2 Å². The quantitative estimate of drug-likeness (QED) is 0.221. The summed E-state index contributed by atoms with van der Waals surface area (Å²) in [7, 11) is 1.45. The summed E-state index contributed by atoms with van der Waals surface area (Å²) in [6.07, 6.45) is -7.88. The van der Waals surface area contributed by atoms with Gasteiger partial charge in [0.1, 0.15) is 17.5 Å². The highest BCUT2D eigenvalue weighted by Crippen LogP contribution is 2.38. The number of imidazole rings is 1. The lowest BCUT2D eigenvalue weighted by Crippen LogP contribution is -2.40. The molecule has 0 spiro atoms. The van der Waals surface area contributed by atoms with Crippen LogP contribution in [0.2, 0.25) is 0 Å². The minimum absolute atomic E-state index is 0.0264. The fourth-order valence-electron chi connectivity index (χ4n) is 5.09. The van der Waals surface area contributed by atoms with Crippen molar-refractivity contribution in [3.05, 3.63) is 41.0 Å². The number of alkyl halides is 7. The Morgan fingerprint density at radius 2 is 1.80 bits per heavy atom. The summed E-state index contributed by atoms with van der Waals surface area (Å²) < 4.78 is 101. The van der Waals surface area contributed by atoms with Gasteiger partial charge in [0.05, 0.1) is 17.7 Å². The number of amides is 2. The summed E-state index contributed by atoms with van der Waals surface area (Å²) in [6, 6.07) is 6.21. The first-order valence-corrected chi connectivity index (χ1v) is 14.1. The second-order valence-corrected chi connectivity index (χ2v) is 10.9. The predicted octanol–water partition coefficient (Wildman–Crippen LogP) is 5.85. The van der Waals surface area contributed by atoms with Gasteiger partial charge in [0, 0.05) is 32.1 Å². The maximum atomic E-state index is 14.5. The van der Waals surface area contributed by atoms with Gasteiger partial charge in [-0.1, -0.05) is 12.1 Å². The van der Waals surface area contributed by atoms with Crippen molar-refractivity contribution in [1.29, 1.82) is 5.26 Å². The van der Waals surface area contributed by atoms with E-state index in [9.17, 15) is 40.3 Å². The van der Waals surface area contributed by atoms with Crippen LogP contribution in [0.4, 0.5) is 42.4 Å². The minimum atomic E-state index is -4.34. The number of hydrogen-bond donors (Lipinski definition) is 3. The van der Waals surface area contributed by atoms with Crippen LogP contribution in [0.1, 0.15) is 60.5 Å². The number of nitrogens with one attached hydrogen (secondary N) is 3. The first-order chi connectivity index (χ1) is 21.6. The second-order valence-electron chi connectivity index (χ2n) is 10.9. The molecule has 17 heteroatoms. The summed E-state index contributed by atoms with van der Waals surface area (Å²) in [6.45, 7) is -0.480. The molecule has 248 valence electrons. The molecule has 3 aromatic rings. The molecular formula is C29H30F7N7O3. The summed E-state index contributed by atoms with van der Waals surface area (Å²) in [4.78, 5) is 33.5. The van der Waals surface area contributed by atoms with E-state index in [1.54, 1.807) is 6.07 Å². The summed E-state index contributed by atoms with van der Waals surface area (Å²) >= 11 is 0. The number of carbonyl (C=O) groups is 2. The van der Waals surface area contributed by atoms with Crippen LogP contribution < -0.4 is 20.7 Å². The number of pyridine rings is 1. The molecule has 1 aliphatic carbocycles. The highest BCUT2D eigenvalue weighted by molar-refractivity contribution is 5.99. The lowest BCUT2D eigenvalue weighted by atomic mass is 9.85. The Hall–Kier alpha value is -4.62. The van der Waals surface area contributed by atoms with Crippen LogP contribution in [0.3, 0.4) is 0 Å². The number of anilines is 2. The van der Waals surface area contributed by atoms with E-state index in [0.717, 1.165) is 6.07 Å². The second kappa shape index (κ2) is 13.8. The van der Waals surface area contributed by atoms with Crippen LogP contribution in [-0.4, -0.2) is 51.6 Å². The summed E-state index contributed by atoms with van der Waals surface area (Å²) in [5, 5.41) is 16.6. The van der Waals surface area contributed by atoms with Crippen LogP contribution >= 0.6 is 0 Å². The molecule has 10 nitrogen and oxygen atoms in total. The Morgan fingerprint density at radius 3 is 2.41 bits per heavy atom. The Labute approximate surface area is 258 Å². The first-order valence-electron chi connectivity index (χ1n) is 14.1. The number of aryl methyl sites for hydroxylation is 1. The van der Waals surface area contributed by atoms with Crippen molar-refractivity contribution in [2.24, 2.45) is 13.0 Å². The molecule has 2 amide bonds. The maximum absolute atomic E-state index is 14.5. The number of rotatable bonds is 11. The topological polar surface area (TPSA) is 134 Å². The van der Waals surface area contributed by atoms with E-state index in [1.807, 2.05) is 0 Å². The van der Waals surface area contributed by atoms with E-state index < -0.39 is 60.3 Å². The lowest BCUT2D eigenvalue weighted by Gasteiger charge is -2.30. The van der Waals surface area contributed by atoms with Gasteiger partial charge >= 0.3 is 6.18 Å². The van der Waals surface area contributed by atoms with Gasteiger partial charge in [0.25, 0.3) is 18.3 Å². The average Bonchev–Trinajstić information content (AvgIpc) is 3.27. The third-order valence-corrected chi connectivity index (χ3v) is 7.46. The first kappa shape index (κ1) is 34.3. The van der Waals surface area contributed by atoms with Gasteiger partial charge in [0.15, 0.2) is 12.3 Å². The normalized spacial score (nSPS) is 17.1. The molecule has 2 heterocycles. The SMILES string of the molecule is Cn1c(Nc2cc(CNC(=O)CC#N)ccc2C(C)(F)F)nc2cc(C(=O)NC3CCC(C(F)(F)F)CC3)c(OCC(F)F)nc21. The molecule has 3 N–H and O–H groups in total. The summed E-state index contributed by atoms with van der Waals surface area (Å²) in [5.41, 5.74) is -0.263. The van der Waals surface area contributed by atoms with Crippen LogP contribution in [-0.2, 0) is 24.3 Å². The number of carbonyl (C=O) groups excluding carboxylic acids is 2. The van der Waals surface area contributed by atoms with Crippen LogP contribution in [0.25, 0.3) is 11.2 Å². The number of nitriles is 1. The van der Waals surface area contributed by atoms with Crippen molar-refractivity contribution in [1.82, 2.24) is 25.2 Å². The third-order valence-electron chi connectivity index (χ3n) is 7.46. The zero-order chi connectivity index (χ0) is 33.8. The molecule has 2 aromatic heterocycles. The lowest BCUT2D eigenvalue weighted by molar-refractivity contribution is -0.182. The molecule has 4 rings (SSSR count). The summed E-state index contributed by atoms with van der Waals surface area (Å²) in [5.74, 6) is -6.65. The number of aromatic nitrogens is 3. The molecule has 0 saturated heterocycles. The number of benzene rings is 1. The number of fused-ring (bicyclic) bond motifs is 1. The Balaban J connectivity index is 1.64. The van der Waals surface area contributed by atoms with E-state index in [4.69, 9.17) is 10.00 Å². The van der Waals surface area contributed by atoms with Gasteiger partial charge in [-0.25, -0.2) is 22.5 Å². The van der Waals surface area contributed by atoms with Gasteiger partial charge in [-0.05, 0) is 43.4 Å². The molecule has 0 bridgehead atoms. The molecule has 1 aliphatic rings. The molecule has 0 aliphatic heterocycles. The van der Waals surface area contributed by atoms with Crippen LogP contribution in [0.15, 0.2) is 24.3 Å². The molecule has 1 fully saturated rings.